The lowest BCUT2D eigenvalue weighted by atomic mass is 9.94. The summed E-state index contributed by atoms with van der Waals surface area (Å²) in [6.45, 7) is 7.96. The average Bonchev–Trinajstić information content (AvgIpc) is 2.67. The zero-order valence-electron chi connectivity index (χ0n) is 16.7. The van der Waals surface area contributed by atoms with Gasteiger partial charge in [-0.3, -0.25) is 4.79 Å². The molecule has 0 atom stereocenters. The first-order valence-corrected chi connectivity index (χ1v) is 9.48. The molecule has 0 radical (unpaired) electrons. The molecule has 1 aromatic carbocycles. The Kier molecular flexibility index (Phi) is 7.35. The summed E-state index contributed by atoms with van der Waals surface area (Å²) in [6.07, 6.45) is 7.16. The van der Waals surface area contributed by atoms with Gasteiger partial charge in [-0.2, -0.15) is 0 Å². The maximum Gasteiger partial charge on any atom is 0.232 e. The van der Waals surface area contributed by atoms with Crippen molar-refractivity contribution >= 4 is 29.9 Å². The van der Waals surface area contributed by atoms with Gasteiger partial charge >= 0.3 is 0 Å². The second kappa shape index (κ2) is 9.32. The summed E-state index contributed by atoms with van der Waals surface area (Å²) in [5.41, 5.74) is 0.956. The Morgan fingerprint density at radius 2 is 1.64 bits per heavy atom. The molecule has 5 nitrogen and oxygen atoms in total. The van der Waals surface area contributed by atoms with Crippen molar-refractivity contribution in [2.45, 2.75) is 46.6 Å². The molecule has 0 aliphatic carbocycles. The molecule has 3 rings (SSSR count). The normalized spacial score (nSPS) is 14.4. The number of amides is 1. The highest BCUT2D eigenvalue weighted by molar-refractivity contribution is 5.96. The van der Waals surface area contributed by atoms with Crippen molar-refractivity contribution in [2.24, 2.45) is 5.41 Å². The summed E-state index contributed by atoms with van der Waals surface area (Å²) in [5, 5.41) is 0. The van der Waals surface area contributed by atoms with Gasteiger partial charge in [-0.25, -0.2) is 14.4 Å². The van der Waals surface area contributed by atoms with Gasteiger partial charge in [-0.05, 0) is 43.5 Å². The van der Waals surface area contributed by atoms with Crippen LogP contribution >= 0.6 is 12.4 Å². The summed E-state index contributed by atoms with van der Waals surface area (Å²) < 4.78 is 13.3. The minimum atomic E-state index is -0.553. The van der Waals surface area contributed by atoms with E-state index in [1.54, 1.807) is 29.4 Å². The maximum atomic E-state index is 13.3. The highest BCUT2D eigenvalue weighted by Crippen LogP contribution is 2.25. The van der Waals surface area contributed by atoms with Crippen LogP contribution < -0.4 is 9.80 Å². The SMILES string of the molecule is CC(C)(C)C(=O)N(Cc1cnc(N2CCCCC2)nc1)c1ccc(F)cc1.Cl. The molecule has 1 aliphatic rings. The number of aromatic nitrogens is 2. The number of hydrogen-bond acceptors (Lipinski definition) is 4. The van der Waals surface area contributed by atoms with Gasteiger partial charge in [0.2, 0.25) is 11.9 Å². The zero-order chi connectivity index (χ0) is 19.4. The van der Waals surface area contributed by atoms with E-state index >= 15 is 0 Å². The van der Waals surface area contributed by atoms with E-state index in [0.29, 0.717) is 12.2 Å². The van der Waals surface area contributed by atoms with Crippen LogP contribution in [0.4, 0.5) is 16.0 Å². The number of nitrogens with zero attached hydrogens (tertiary/aromatic N) is 4. The Balaban J connectivity index is 0.00000280. The van der Waals surface area contributed by atoms with E-state index in [0.717, 1.165) is 24.6 Å². The van der Waals surface area contributed by atoms with Crippen molar-refractivity contribution in [1.82, 2.24) is 9.97 Å². The number of benzene rings is 1. The third-order valence-electron chi connectivity index (χ3n) is 4.70. The molecule has 152 valence electrons. The zero-order valence-corrected chi connectivity index (χ0v) is 17.5. The molecule has 0 bridgehead atoms. The van der Waals surface area contributed by atoms with Gasteiger partial charge in [0, 0.05) is 42.1 Å². The number of carbonyl (C=O) groups is 1. The van der Waals surface area contributed by atoms with E-state index < -0.39 is 5.41 Å². The lowest BCUT2D eigenvalue weighted by Gasteiger charge is -2.30. The molecule has 1 fully saturated rings. The molecular weight excluding hydrogens is 379 g/mol. The van der Waals surface area contributed by atoms with Crippen LogP contribution in [0.3, 0.4) is 0 Å². The molecule has 1 aliphatic heterocycles. The second-order valence-corrected chi connectivity index (χ2v) is 8.06. The van der Waals surface area contributed by atoms with Crippen LogP contribution in [0, 0.1) is 11.2 Å². The monoisotopic (exact) mass is 406 g/mol. The number of piperidine rings is 1. The summed E-state index contributed by atoms with van der Waals surface area (Å²) in [5.74, 6) is 0.388. The van der Waals surface area contributed by atoms with Crippen LogP contribution in [-0.2, 0) is 11.3 Å². The fraction of sp³-hybridized carbons (Fsp3) is 0.476. The van der Waals surface area contributed by atoms with Crippen LogP contribution in [0.5, 0.6) is 0 Å². The number of halogens is 2. The van der Waals surface area contributed by atoms with Crippen molar-refractivity contribution in [3.05, 3.63) is 48.0 Å². The Morgan fingerprint density at radius 1 is 1.07 bits per heavy atom. The molecule has 0 spiro atoms. The Labute approximate surface area is 172 Å². The van der Waals surface area contributed by atoms with Gasteiger partial charge in [-0.15, -0.1) is 12.4 Å². The minimum absolute atomic E-state index is 0. The number of anilines is 2. The molecule has 2 aromatic rings. The number of carbonyl (C=O) groups excluding carboxylic acids is 1. The van der Waals surface area contributed by atoms with Gasteiger partial charge in [-0.1, -0.05) is 20.8 Å². The molecule has 0 N–H and O–H groups in total. The maximum absolute atomic E-state index is 13.3. The highest BCUT2D eigenvalue weighted by atomic mass is 35.5. The first-order valence-electron chi connectivity index (χ1n) is 9.48. The third kappa shape index (κ3) is 5.41. The van der Waals surface area contributed by atoms with Crippen LogP contribution in [0.15, 0.2) is 36.7 Å². The predicted molar refractivity (Wildman–Crippen MR) is 112 cm³/mol. The van der Waals surface area contributed by atoms with Crippen LogP contribution in [-0.4, -0.2) is 29.0 Å². The van der Waals surface area contributed by atoms with E-state index in [1.807, 2.05) is 20.8 Å². The van der Waals surface area contributed by atoms with Gasteiger partial charge < -0.3 is 9.80 Å². The van der Waals surface area contributed by atoms with Crippen molar-refractivity contribution in [2.75, 3.05) is 22.9 Å². The van der Waals surface area contributed by atoms with E-state index in [9.17, 15) is 9.18 Å². The van der Waals surface area contributed by atoms with Gasteiger partial charge in [0.1, 0.15) is 5.82 Å². The molecule has 1 aromatic heterocycles. The summed E-state index contributed by atoms with van der Waals surface area (Å²) >= 11 is 0. The van der Waals surface area contributed by atoms with Gasteiger partial charge in [0.05, 0.1) is 6.54 Å². The Morgan fingerprint density at radius 3 is 2.18 bits per heavy atom. The van der Waals surface area contributed by atoms with Gasteiger partial charge in [0.25, 0.3) is 0 Å². The van der Waals surface area contributed by atoms with Crippen molar-refractivity contribution in [3.8, 4) is 0 Å². The summed E-state index contributed by atoms with van der Waals surface area (Å²) in [4.78, 5) is 25.8. The van der Waals surface area contributed by atoms with Crippen LogP contribution in [0.1, 0.15) is 45.6 Å². The Hall–Kier alpha value is -2.21. The molecule has 7 heteroatoms. The average molecular weight is 407 g/mol. The number of rotatable bonds is 4. The van der Waals surface area contributed by atoms with Crippen LogP contribution in [0.25, 0.3) is 0 Å². The second-order valence-electron chi connectivity index (χ2n) is 8.06. The summed E-state index contributed by atoms with van der Waals surface area (Å²) in [7, 11) is 0. The van der Waals surface area contributed by atoms with Crippen LogP contribution in [0.2, 0.25) is 0 Å². The standard InChI is InChI=1S/C21H27FN4O.ClH/c1-21(2,3)19(27)26(18-9-7-17(22)8-10-18)15-16-13-23-20(24-14-16)25-11-5-4-6-12-25;/h7-10,13-14H,4-6,11-12,15H2,1-3H3;1H. The number of hydrogen-bond donors (Lipinski definition) is 0. The highest BCUT2D eigenvalue weighted by Gasteiger charge is 2.28. The molecule has 1 saturated heterocycles. The largest absolute Gasteiger partial charge is 0.341 e. The van der Waals surface area contributed by atoms with E-state index in [-0.39, 0.29) is 24.1 Å². The first-order chi connectivity index (χ1) is 12.8. The van der Waals surface area contributed by atoms with Gasteiger partial charge in [0.15, 0.2) is 0 Å². The molecule has 28 heavy (non-hydrogen) atoms. The smallest absolute Gasteiger partial charge is 0.232 e. The predicted octanol–water partition coefficient (Wildman–Crippen LogP) is 4.61. The lowest BCUT2D eigenvalue weighted by Crippen LogP contribution is -2.39. The fourth-order valence-electron chi connectivity index (χ4n) is 3.18. The van der Waals surface area contributed by atoms with E-state index in [1.165, 1.54) is 31.4 Å². The minimum Gasteiger partial charge on any atom is -0.341 e. The molecule has 1 amide bonds. The molecule has 0 unspecified atom stereocenters. The Bertz CT molecular complexity index is 768. The molecule has 2 heterocycles. The summed E-state index contributed by atoms with van der Waals surface area (Å²) in [6, 6.07) is 5.99. The molecule has 0 saturated carbocycles. The topological polar surface area (TPSA) is 49.3 Å². The lowest BCUT2D eigenvalue weighted by molar-refractivity contribution is -0.125. The van der Waals surface area contributed by atoms with E-state index in [2.05, 4.69) is 14.9 Å². The van der Waals surface area contributed by atoms with Crippen molar-refractivity contribution in [3.63, 3.8) is 0 Å². The first kappa shape index (κ1) is 22.1. The third-order valence-corrected chi connectivity index (χ3v) is 4.70. The fourth-order valence-corrected chi connectivity index (χ4v) is 3.18. The van der Waals surface area contributed by atoms with Crippen molar-refractivity contribution < 1.29 is 9.18 Å². The van der Waals surface area contributed by atoms with E-state index in [4.69, 9.17) is 0 Å². The van der Waals surface area contributed by atoms with Crippen molar-refractivity contribution in [1.29, 1.82) is 0 Å². The molecular formula is C21H28ClFN4O. The quantitative estimate of drug-likeness (QED) is 0.744.